The van der Waals surface area contributed by atoms with E-state index in [2.05, 4.69) is 21.5 Å². The number of fused-ring (bicyclic) bond motifs is 1. The lowest BCUT2D eigenvalue weighted by Gasteiger charge is -2.07. The van der Waals surface area contributed by atoms with Crippen LogP contribution < -0.4 is 10.9 Å². The Morgan fingerprint density at radius 1 is 1.25 bits per heavy atom. The van der Waals surface area contributed by atoms with Crippen molar-refractivity contribution in [3.05, 3.63) is 87.4 Å². The number of para-hydroxylation sites is 1. The highest BCUT2D eigenvalue weighted by Gasteiger charge is 2.17. The van der Waals surface area contributed by atoms with Crippen LogP contribution in [-0.4, -0.2) is 16.0 Å². The van der Waals surface area contributed by atoms with E-state index in [4.69, 9.17) is 8.94 Å². The highest BCUT2D eigenvalue weighted by Crippen LogP contribution is 2.19. The predicted molar refractivity (Wildman–Crippen MR) is 103 cm³/mol. The van der Waals surface area contributed by atoms with Crippen molar-refractivity contribution in [3.8, 4) is 0 Å². The Labute approximate surface area is 160 Å². The van der Waals surface area contributed by atoms with Gasteiger partial charge < -0.3 is 19.2 Å². The fourth-order valence-corrected chi connectivity index (χ4v) is 3.25. The fourth-order valence-electron chi connectivity index (χ4n) is 3.25. The maximum Gasteiger partial charge on any atom is 0.349 e. The van der Waals surface area contributed by atoms with Gasteiger partial charge in [-0.05, 0) is 36.6 Å². The Kier molecular flexibility index (Phi) is 4.80. The van der Waals surface area contributed by atoms with Gasteiger partial charge in [0, 0.05) is 35.6 Å². The Morgan fingerprint density at radius 2 is 2.11 bits per heavy atom. The Morgan fingerprint density at radius 3 is 2.89 bits per heavy atom. The van der Waals surface area contributed by atoms with Gasteiger partial charge in [0.25, 0.3) is 5.91 Å². The van der Waals surface area contributed by atoms with E-state index in [1.165, 1.54) is 12.5 Å². The van der Waals surface area contributed by atoms with Gasteiger partial charge in [0.05, 0.1) is 6.20 Å². The van der Waals surface area contributed by atoms with Crippen molar-refractivity contribution in [1.29, 1.82) is 0 Å². The minimum atomic E-state index is -0.628. The van der Waals surface area contributed by atoms with Gasteiger partial charge in [-0.1, -0.05) is 23.4 Å². The molecule has 0 radical (unpaired) electrons. The molecule has 0 spiro atoms. The first-order valence-electron chi connectivity index (χ1n) is 8.97. The summed E-state index contributed by atoms with van der Waals surface area (Å²) in [6, 6.07) is 9.82. The lowest BCUT2D eigenvalue weighted by molar-refractivity contribution is 0.0945. The number of hydrogen-bond acceptors (Lipinski definition) is 5. The number of aromatic amines is 1. The topological polar surface area (TPSA) is 101 Å². The molecule has 7 heteroatoms. The zero-order chi connectivity index (χ0) is 19.5. The largest absolute Gasteiger partial charge is 0.427 e. The molecule has 2 N–H and O–H groups in total. The van der Waals surface area contributed by atoms with E-state index in [1.807, 2.05) is 24.4 Å². The van der Waals surface area contributed by atoms with Crippen LogP contribution in [0.1, 0.15) is 32.8 Å². The molecule has 0 aliphatic rings. The first kappa shape index (κ1) is 17.8. The van der Waals surface area contributed by atoms with Crippen molar-refractivity contribution >= 4 is 16.8 Å². The molecule has 142 valence electrons. The van der Waals surface area contributed by atoms with Crippen molar-refractivity contribution in [2.75, 3.05) is 0 Å². The van der Waals surface area contributed by atoms with Crippen LogP contribution in [0.2, 0.25) is 0 Å². The van der Waals surface area contributed by atoms with Gasteiger partial charge in [0.2, 0.25) is 0 Å². The second-order valence-electron chi connectivity index (χ2n) is 6.63. The van der Waals surface area contributed by atoms with E-state index in [0.29, 0.717) is 23.3 Å². The van der Waals surface area contributed by atoms with E-state index in [0.717, 1.165) is 22.9 Å². The first-order chi connectivity index (χ1) is 13.6. The molecule has 0 saturated heterocycles. The van der Waals surface area contributed by atoms with Crippen LogP contribution in [0.15, 0.2) is 62.7 Å². The highest BCUT2D eigenvalue weighted by atomic mass is 16.5. The van der Waals surface area contributed by atoms with Gasteiger partial charge in [0.1, 0.15) is 17.6 Å². The first-order valence-corrected chi connectivity index (χ1v) is 8.97. The van der Waals surface area contributed by atoms with E-state index in [9.17, 15) is 9.59 Å². The average molecular weight is 377 g/mol. The summed E-state index contributed by atoms with van der Waals surface area (Å²) < 4.78 is 10.1. The number of hydrogen-bond donors (Lipinski definition) is 2. The predicted octanol–water partition coefficient (Wildman–Crippen LogP) is 3.13. The minimum Gasteiger partial charge on any atom is -0.427 e. The normalized spacial score (nSPS) is 11.0. The van der Waals surface area contributed by atoms with Crippen molar-refractivity contribution < 1.29 is 13.7 Å². The maximum atomic E-state index is 12.4. The molecule has 1 aromatic carbocycles. The van der Waals surface area contributed by atoms with Crippen LogP contribution in [0.3, 0.4) is 0 Å². The number of amides is 1. The minimum absolute atomic E-state index is 0.0206. The number of aromatic nitrogens is 2. The molecule has 0 saturated carbocycles. The fraction of sp³-hybridized carbons (Fsp3) is 0.190. The molecule has 0 atom stereocenters. The lowest BCUT2D eigenvalue weighted by atomic mass is 10.1. The second kappa shape index (κ2) is 7.56. The van der Waals surface area contributed by atoms with E-state index >= 15 is 0 Å². The zero-order valence-corrected chi connectivity index (χ0v) is 15.3. The molecule has 0 bridgehead atoms. The smallest absolute Gasteiger partial charge is 0.349 e. The third-order valence-electron chi connectivity index (χ3n) is 4.68. The van der Waals surface area contributed by atoms with Gasteiger partial charge in [-0.15, -0.1) is 0 Å². The van der Waals surface area contributed by atoms with Crippen molar-refractivity contribution in [3.63, 3.8) is 0 Å². The summed E-state index contributed by atoms with van der Waals surface area (Å²) in [6.07, 6.45) is 6.21. The maximum absolute atomic E-state index is 12.4. The van der Waals surface area contributed by atoms with Crippen molar-refractivity contribution in [1.82, 2.24) is 15.5 Å². The molecule has 0 unspecified atom stereocenters. The third kappa shape index (κ3) is 3.59. The Hall–Kier alpha value is -3.61. The number of H-pyrrole nitrogens is 1. The van der Waals surface area contributed by atoms with Crippen LogP contribution in [0.25, 0.3) is 10.9 Å². The summed E-state index contributed by atoms with van der Waals surface area (Å²) >= 11 is 0. The monoisotopic (exact) mass is 377 g/mol. The van der Waals surface area contributed by atoms with Gasteiger partial charge in [0.15, 0.2) is 0 Å². The van der Waals surface area contributed by atoms with Crippen LogP contribution in [0.4, 0.5) is 0 Å². The van der Waals surface area contributed by atoms with E-state index < -0.39 is 11.5 Å². The molecular formula is C21H19N3O4. The summed E-state index contributed by atoms with van der Waals surface area (Å²) in [7, 11) is 0. The SMILES string of the molecule is Cc1cc(CCc2c[nH]c3ccccc23)oc(=O)c1C(=O)NCc1cnoc1. The Bertz CT molecular complexity index is 1170. The van der Waals surface area contributed by atoms with E-state index in [1.54, 1.807) is 13.0 Å². The van der Waals surface area contributed by atoms with Crippen LogP contribution in [-0.2, 0) is 19.4 Å². The van der Waals surface area contributed by atoms with Crippen LogP contribution >= 0.6 is 0 Å². The summed E-state index contributed by atoms with van der Waals surface area (Å²) in [5.74, 6) is 0.0824. The molecule has 3 heterocycles. The summed E-state index contributed by atoms with van der Waals surface area (Å²) in [5, 5.41) is 7.40. The number of nitrogens with zero attached hydrogens (tertiary/aromatic N) is 1. The lowest BCUT2D eigenvalue weighted by Crippen LogP contribution is -2.29. The van der Waals surface area contributed by atoms with Gasteiger partial charge in [-0.25, -0.2) is 4.79 Å². The molecule has 4 rings (SSSR count). The molecule has 7 nitrogen and oxygen atoms in total. The highest BCUT2D eigenvalue weighted by molar-refractivity contribution is 5.95. The van der Waals surface area contributed by atoms with Crippen LogP contribution in [0, 0.1) is 6.92 Å². The summed E-state index contributed by atoms with van der Waals surface area (Å²) in [4.78, 5) is 28.0. The molecule has 3 aromatic heterocycles. The van der Waals surface area contributed by atoms with Crippen molar-refractivity contribution in [2.45, 2.75) is 26.3 Å². The quantitative estimate of drug-likeness (QED) is 0.538. The number of aryl methyl sites for hydroxylation is 3. The molecule has 4 aromatic rings. The molecule has 1 amide bonds. The molecular weight excluding hydrogens is 358 g/mol. The van der Waals surface area contributed by atoms with Gasteiger partial charge >= 0.3 is 5.63 Å². The summed E-state index contributed by atoms with van der Waals surface area (Å²) in [6.45, 7) is 1.96. The molecule has 0 fully saturated rings. The number of benzene rings is 1. The summed E-state index contributed by atoms with van der Waals surface area (Å²) in [5.41, 5.74) is 2.93. The van der Waals surface area contributed by atoms with E-state index in [-0.39, 0.29) is 12.1 Å². The number of carbonyl (C=O) groups is 1. The standard InChI is InChI=1S/C21H19N3O4/c1-13-8-16(7-6-15-11-22-18-5-3-2-4-17(15)18)28-21(26)19(13)20(25)23-9-14-10-24-27-12-14/h2-5,8,10-12,22H,6-7,9H2,1H3,(H,23,25). The van der Waals surface area contributed by atoms with Gasteiger partial charge in [-0.3, -0.25) is 4.79 Å². The van der Waals surface area contributed by atoms with Crippen LogP contribution in [0.5, 0.6) is 0 Å². The van der Waals surface area contributed by atoms with Gasteiger partial charge in [-0.2, -0.15) is 0 Å². The number of carbonyl (C=O) groups excluding carboxylic acids is 1. The average Bonchev–Trinajstić information content (AvgIpc) is 3.34. The van der Waals surface area contributed by atoms with Crippen molar-refractivity contribution in [2.24, 2.45) is 0 Å². The number of rotatable bonds is 6. The molecule has 0 aliphatic carbocycles. The molecule has 0 aliphatic heterocycles. The number of nitrogens with one attached hydrogen (secondary N) is 2. The molecule has 28 heavy (non-hydrogen) atoms. The third-order valence-corrected chi connectivity index (χ3v) is 4.68. The Balaban J connectivity index is 1.47. The second-order valence-corrected chi connectivity index (χ2v) is 6.63. The zero-order valence-electron chi connectivity index (χ0n) is 15.3.